The summed E-state index contributed by atoms with van der Waals surface area (Å²) in [4.78, 5) is 25.8. The van der Waals surface area contributed by atoms with Crippen LogP contribution in [0.5, 0.6) is 0 Å². The van der Waals surface area contributed by atoms with E-state index in [4.69, 9.17) is 9.47 Å². The topological polar surface area (TPSA) is 52.6 Å². The van der Waals surface area contributed by atoms with E-state index in [0.717, 1.165) is 6.42 Å². The van der Waals surface area contributed by atoms with Gasteiger partial charge in [0.25, 0.3) is 0 Å². The minimum absolute atomic E-state index is 0.0942. The maximum atomic E-state index is 13.2. The first-order chi connectivity index (χ1) is 12.1. The maximum absolute atomic E-state index is 13.2. The molecule has 160 valence electrons. The summed E-state index contributed by atoms with van der Waals surface area (Å²) in [5.74, 6) is 0.189. The number of rotatable bonds is 10. The van der Waals surface area contributed by atoms with Gasteiger partial charge in [0.2, 0.25) is 0 Å². The number of carbonyl (C=O) groups excluding carboxylic acids is 2. The van der Waals surface area contributed by atoms with Crippen molar-refractivity contribution in [3.8, 4) is 0 Å². The molecule has 0 aliphatic carbocycles. The van der Waals surface area contributed by atoms with Crippen LogP contribution in [-0.4, -0.2) is 25.2 Å². The molecule has 1 atom stereocenters. The normalized spacial score (nSPS) is 15.0. The highest BCUT2D eigenvalue weighted by Crippen LogP contribution is 2.39. The van der Waals surface area contributed by atoms with Gasteiger partial charge in [-0.25, -0.2) is 0 Å². The largest absolute Gasteiger partial charge is 0.465 e. The number of carbonyl (C=O) groups is 2. The van der Waals surface area contributed by atoms with Gasteiger partial charge < -0.3 is 9.47 Å². The monoisotopic (exact) mass is 384 g/mol. The lowest BCUT2D eigenvalue weighted by molar-refractivity contribution is -0.168. The molecule has 0 unspecified atom stereocenters. The minimum atomic E-state index is -0.807. The molecule has 0 spiro atoms. The number of ether oxygens (including phenoxy) is 2. The lowest BCUT2D eigenvalue weighted by atomic mass is 9.72. The summed E-state index contributed by atoms with van der Waals surface area (Å²) in [5, 5.41) is 0. The first-order valence-corrected chi connectivity index (χ1v) is 10.4. The predicted molar refractivity (Wildman–Crippen MR) is 111 cm³/mol. The molecule has 0 saturated heterocycles. The summed E-state index contributed by atoms with van der Waals surface area (Å²) in [6, 6.07) is 0. The van der Waals surface area contributed by atoms with Crippen LogP contribution in [0.15, 0.2) is 0 Å². The molecule has 0 aromatic carbocycles. The summed E-state index contributed by atoms with van der Waals surface area (Å²) < 4.78 is 11.2. The molecule has 0 rings (SSSR count). The van der Waals surface area contributed by atoms with Crippen LogP contribution in [0.2, 0.25) is 0 Å². The Kier molecular flexibility index (Phi) is 10.1. The molecule has 27 heavy (non-hydrogen) atoms. The Morgan fingerprint density at radius 2 is 1.26 bits per heavy atom. The molecule has 0 aliphatic rings. The van der Waals surface area contributed by atoms with E-state index in [1.54, 1.807) is 0 Å². The van der Waals surface area contributed by atoms with Crippen LogP contribution in [0.3, 0.4) is 0 Å². The SMILES string of the molecule is CC(C)CC[C@@](CC(=O)OCC(C)(C)C)(CC(C)C)C(=O)OCC(C)(C)C. The van der Waals surface area contributed by atoms with Gasteiger partial charge in [0.05, 0.1) is 25.0 Å². The van der Waals surface area contributed by atoms with Gasteiger partial charge in [0.1, 0.15) is 0 Å². The van der Waals surface area contributed by atoms with Crippen molar-refractivity contribution in [3.63, 3.8) is 0 Å². The van der Waals surface area contributed by atoms with Crippen LogP contribution < -0.4 is 0 Å². The molecule has 0 fully saturated rings. The third kappa shape index (κ3) is 12.1. The lowest BCUT2D eigenvalue weighted by Gasteiger charge is -2.34. The molecule has 0 saturated carbocycles. The van der Waals surface area contributed by atoms with Crippen molar-refractivity contribution in [2.24, 2.45) is 28.1 Å². The molecule has 0 aliphatic heterocycles. The third-order valence-corrected chi connectivity index (χ3v) is 4.22. The standard InChI is InChI=1S/C23H44O4/c1-17(2)11-12-23(13-18(3)4,20(25)27-16-22(8,9)10)14-19(24)26-15-21(5,6)7/h17-18H,11-16H2,1-10H3/t23-/m0/s1. The summed E-state index contributed by atoms with van der Waals surface area (Å²) >= 11 is 0. The van der Waals surface area contributed by atoms with E-state index in [2.05, 4.69) is 27.7 Å². The Morgan fingerprint density at radius 3 is 1.67 bits per heavy atom. The molecule has 0 aromatic heterocycles. The van der Waals surface area contributed by atoms with E-state index < -0.39 is 5.41 Å². The van der Waals surface area contributed by atoms with E-state index >= 15 is 0 Å². The highest BCUT2D eigenvalue weighted by Gasteiger charge is 2.43. The van der Waals surface area contributed by atoms with Crippen molar-refractivity contribution in [1.29, 1.82) is 0 Å². The molecule has 0 heterocycles. The first-order valence-electron chi connectivity index (χ1n) is 10.4. The van der Waals surface area contributed by atoms with Crippen LogP contribution >= 0.6 is 0 Å². The zero-order valence-corrected chi connectivity index (χ0v) is 19.5. The highest BCUT2D eigenvalue weighted by atomic mass is 16.5. The second-order valence-electron chi connectivity index (χ2n) is 11.3. The number of hydrogen-bond acceptors (Lipinski definition) is 4. The van der Waals surface area contributed by atoms with Crippen LogP contribution in [0.4, 0.5) is 0 Å². The van der Waals surface area contributed by atoms with Gasteiger partial charge >= 0.3 is 11.9 Å². The Morgan fingerprint density at radius 1 is 0.778 bits per heavy atom. The van der Waals surface area contributed by atoms with Crippen LogP contribution in [-0.2, 0) is 19.1 Å². The van der Waals surface area contributed by atoms with Crippen molar-refractivity contribution in [2.45, 2.75) is 94.9 Å². The van der Waals surface area contributed by atoms with Gasteiger partial charge in [-0.2, -0.15) is 0 Å². The summed E-state index contributed by atoms with van der Waals surface area (Å²) in [5.41, 5.74) is -1.01. The fourth-order valence-corrected chi connectivity index (χ4v) is 2.93. The molecule has 0 bridgehead atoms. The first kappa shape index (κ1) is 25.9. The van der Waals surface area contributed by atoms with Gasteiger partial charge in [-0.1, -0.05) is 69.2 Å². The Balaban J connectivity index is 5.49. The summed E-state index contributed by atoms with van der Waals surface area (Å²) in [7, 11) is 0. The van der Waals surface area contributed by atoms with E-state index in [-0.39, 0.29) is 35.1 Å². The molecule has 0 N–H and O–H groups in total. The van der Waals surface area contributed by atoms with Crippen molar-refractivity contribution in [3.05, 3.63) is 0 Å². The van der Waals surface area contributed by atoms with E-state index in [1.165, 1.54) is 0 Å². The third-order valence-electron chi connectivity index (χ3n) is 4.22. The van der Waals surface area contributed by atoms with Gasteiger partial charge in [-0.3, -0.25) is 9.59 Å². The van der Waals surface area contributed by atoms with Crippen molar-refractivity contribution >= 4 is 11.9 Å². The Hall–Kier alpha value is -1.06. The second kappa shape index (κ2) is 10.5. The molecule has 0 amide bonds. The van der Waals surface area contributed by atoms with Gasteiger partial charge in [-0.15, -0.1) is 0 Å². The van der Waals surface area contributed by atoms with Gasteiger partial charge in [-0.05, 0) is 41.9 Å². The molecule has 4 heteroatoms. The number of hydrogen-bond donors (Lipinski definition) is 0. The second-order valence-corrected chi connectivity index (χ2v) is 11.3. The Bertz CT molecular complexity index is 466. The molecular weight excluding hydrogens is 340 g/mol. The average Bonchev–Trinajstić information content (AvgIpc) is 2.46. The fourth-order valence-electron chi connectivity index (χ4n) is 2.93. The summed E-state index contributed by atoms with van der Waals surface area (Å²) in [6.45, 7) is 21.3. The van der Waals surface area contributed by atoms with E-state index in [0.29, 0.717) is 32.0 Å². The van der Waals surface area contributed by atoms with Crippen molar-refractivity contribution in [2.75, 3.05) is 13.2 Å². The zero-order valence-electron chi connectivity index (χ0n) is 19.5. The Labute approximate surface area is 167 Å². The maximum Gasteiger partial charge on any atom is 0.312 e. The van der Waals surface area contributed by atoms with Crippen LogP contribution in [0, 0.1) is 28.1 Å². The zero-order chi connectivity index (χ0) is 21.5. The smallest absolute Gasteiger partial charge is 0.312 e. The predicted octanol–water partition coefficient (Wildman–Crippen LogP) is 6.02. The average molecular weight is 385 g/mol. The lowest BCUT2D eigenvalue weighted by Crippen LogP contribution is -2.39. The summed E-state index contributed by atoms with van der Waals surface area (Å²) in [6.07, 6.45) is 2.25. The molecule has 0 radical (unpaired) electrons. The van der Waals surface area contributed by atoms with E-state index in [1.807, 2.05) is 41.5 Å². The van der Waals surface area contributed by atoms with Gasteiger partial charge in [0, 0.05) is 0 Å². The highest BCUT2D eigenvalue weighted by molar-refractivity contribution is 5.83. The molecular formula is C23H44O4. The fraction of sp³-hybridized carbons (Fsp3) is 0.913. The van der Waals surface area contributed by atoms with E-state index in [9.17, 15) is 9.59 Å². The molecule has 4 nitrogen and oxygen atoms in total. The van der Waals surface area contributed by atoms with Crippen molar-refractivity contribution in [1.82, 2.24) is 0 Å². The van der Waals surface area contributed by atoms with Crippen LogP contribution in [0.1, 0.15) is 94.9 Å². The van der Waals surface area contributed by atoms with Crippen LogP contribution in [0.25, 0.3) is 0 Å². The molecule has 0 aromatic rings. The van der Waals surface area contributed by atoms with Gasteiger partial charge in [0.15, 0.2) is 0 Å². The number of esters is 2. The quantitative estimate of drug-likeness (QED) is 0.432. The van der Waals surface area contributed by atoms with Crippen molar-refractivity contribution < 1.29 is 19.1 Å². The minimum Gasteiger partial charge on any atom is -0.465 e.